The molecule has 0 bridgehead atoms. The van der Waals surface area contributed by atoms with Gasteiger partial charge in [-0.15, -0.1) is 0 Å². The molecular formula is C9H12N2O2S. The van der Waals surface area contributed by atoms with Crippen LogP contribution in [0.4, 0.5) is 0 Å². The summed E-state index contributed by atoms with van der Waals surface area (Å²) in [6, 6.07) is 6.65. The van der Waals surface area contributed by atoms with E-state index < -0.39 is 15.6 Å². The Hall–Kier alpha value is -0.910. The van der Waals surface area contributed by atoms with Crippen LogP contribution in [0.15, 0.2) is 29.2 Å². The van der Waals surface area contributed by atoms with E-state index in [1.54, 1.807) is 18.2 Å². The fourth-order valence-electron chi connectivity index (χ4n) is 1.53. The van der Waals surface area contributed by atoms with Crippen molar-refractivity contribution in [2.45, 2.75) is 23.3 Å². The highest BCUT2D eigenvalue weighted by molar-refractivity contribution is 7.89. The first-order valence-electron chi connectivity index (χ1n) is 4.35. The minimum atomic E-state index is -3.66. The molecule has 0 radical (unpaired) electrons. The molecule has 1 aromatic rings. The molecule has 0 heterocycles. The Balaban J connectivity index is 2.61. The van der Waals surface area contributed by atoms with Crippen molar-refractivity contribution in [1.29, 1.82) is 0 Å². The summed E-state index contributed by atoms with van der Waals surface area (Å²) in [5, 5.41) is 5.10. The summed E-state index contributed by atoms with van der Waals surface area (Å²) in [5.74, 6) is 0. The van der Waals surface area contributed by atoms with Crippen LogP contribution in [-0.4, -0.2) is 8.42 Å². The fourth-order valence-corrected chi connectivity index (χ4v) is 2.38. The van der Waals surface area contributed by atoms with Gasteiger partial charge < -0.3 is 5.73 Å². The van der Waals surface area contributed by atoms with Crippen LogP contribution in [0, 0.1) is 0 Å². The number of rotatable bonds is 2. The monoisotopic (exact) mass is 212 g/mol. The zero-order chi connectivity index (χ0) is 10.4. The Kier molecular flexibility index (Phi) is 1.92. The van der Waals surface area contributed by atoms with Gasteiger partial charge in [-0.1, -0.05) is 18.2 Å². The van der Waals surface area contributed by atoms with Crippen molar-refractivity contribution in [3.63, 3.8) is 0 Å². The molecule has 1 saturated carbocycles. The normalized spacial score (nSPS) is 19.3. The Bertz CT molecular complexity index is 463. The Morgan fingerprint density at radius 1 is 1.21 bits per heavy atom. The van der Waals surface area contributed by atoms with Gasteiger partial charge in [0, 0.05) is 5.54 Å². The molecule has 0 atom stereocenters. The molecule has 4 nitrogen and oxygen atoms in total. The van der Waals surface area contributed by atoms with E-state index in [-0.39, 0.29) is 4.90 Å². The zero-order valence-electron chi connectivity index (χ0n) is 7.60. The molecule has 0 aromatic heterocycles. The molecule has 2 rings (SSSR count). The molecule has 1 aliphatic rings. The molecule has 0 saturated heterocycles. The van der Waals surface area contributed by atoms with Crippen LogP contribution in [0.2, 0.25) is 0 Å². The molecule has 0 aliphatic heterocycles. The number of sulfonamides is 1. The van der Waals surface area contributed by atoms with E-state index >= 15 is 0 Å². The Morgan fingerprint density at radius 2 is 1.79 bits per heavy atom. The largest absolute Gasteiger partial charge is 0.321 e. The van der Waals surface area contributed by atoms with Crippen molar-refractivity contribution < 1.29 is 8.42 Å². The minimum absolute atomic E-state index is 0.153. The quantitative estimate of drug-likeness (QED) is 0.738. The topological polar surface area (TPSA) is 86.2 Å². The third-order valence-corrected chi connectivity index (χ3v) is 3.49. The maximum Gasteiger partial charge on any atom is 0.238 e. The first-order valence-corrected chi connectivity index (χ1v) is 5.89. The van der Waals surface area contributed by atoms with Crippen molar-refractivity contribution in [3.8, 4) is 0 Å². The van der Waals surface area contributed by atoms with Crippen LogP contribution < -0.4 is 10.9 Å². The number of benzene rings is 1. The van der Waals surface area contributed by atoms with Crippen LogP contribution in [0.5, 0.6) is 0 Å². The van der Waals surface area contributed by atoms with Gasteiger partial charge in [0.15, 0.2) is 0 Å². The number of hydrogen-bond acceptors (Lipinski definition) is 3. The van der Waals surface area contributed by atoms with Crippen LogP contribution in [0.1, 0.15) is 18.4 Å². The van der Waals surface area contributed by atoms with Gasteiger partial charge >= 0.3 is 0 Å². The van der Waals surface area contributed by atoms with E-state index in [0.717, 1.165) is 12.8 Å². The fraction of sp³-hybridized carbons (Fsp3) is 0.333. The van der Waals surface area contributed by atoms with Crippen molar-refractivity contribution in [1.82, 2.24) is 0 Å². The summed E-state index contributed by atoms with van der Waals surface area (Å²) >= 11 is 0. The van der Waals surface area contributed by atoms with Crippen LogP contribution >= 0.6 is 0 Å². The summed E-state index contributed by atoms with van der Waals surface area (Å²) in [6.07, 6.45) is 1.64. The van der Waals surface area contributed by atoms with Crippen LogP contribution in [0.3, 0.4) is 0 Å². The molecule has 5 heteroatoms. The Morgan fingerprint density at radius 3 is 2.29 bits per heavy atom. The smallest absolute Gasteiger partial charge is 0.238 e. The van der Waals surface area contributed by atoms with E-state index in [9.17, 15) is 8.42 Å². The van der Waals surface area contributed by atoms with Gasteiger partial charge in [0.2, 0.25) is 10.0 Å². The molecule has 0 spiro atoms. The van der Waals surface area contributed by atoms with Gasteiger partial charge in [0.05, 0.1) is 4.90 Å². The Labute approximate surface area is 83.0 Å². The first kappa shape index (κ1) is 9.64. The van der Waals surface area contributed by atoms with Gasteiger partial charge in [-0.3, -0.25) is 0 Å². The highest BCUT2D eigenvalue weighted by Crippen LogP contribution is 2.44. The predicted octanol–water partition coefficient (Wildman–Crippen LogP) is 0.282. The maximum absolute atomic E-state index is 11.3. The molecule has 0 unspecified atom stereocenters. The standard InChI is InChI=1S/C9H12N2O2S/c10-9(5-6-9)7-3-1-2-4-8(7)14(11,12)13/h1-4H,5-6,10H2,(H2,11,12,13). The van der Waals surface area contributed by atoms with Crippen LogP contribution in [0.25, 0.3) is 0 Å². The number of hydrogen-bond donors (Lipinski definition) is 2. The van der Waals surface area contributed by atoms with Crippen molar-refractivity contribution in [2.75, 3.05) is 0 Å². The van der Waals surface area contributed by atoms with Crippen molar-refractivity contribution in [3.05, 3.63) is 29.8 Å². The van der Waals surface area contributed by atoms with Gasteiger partial charge in [-0.25, -0.2) is 13.6 Å². The summed E-state index contributed by atoms with van der Waals surface area (Å²) in [4.78, 5) is 0.153. The summed E-state index contributed by atoms with van der Waals surface area (Å²) in [5.41, 5.74) is 6.12. The molecular weight excluding hydrogens is 200 g/mol. The SMILES string of the molecule is NC1(c2ccccc2S(N)(=O)=O)CC1. The first-order chi connectivity index (χ1) is 6.43. The van der Waals surface area contributed by atoms with Gasteiger partial charge in [0.25, 0.3) is 0 Å². The predicted molar refractivity (Wildman–Crippen MR) is 52.9 cm³/mol. The lowest BCUT2D eigenvalue weighted by Gasteiger charge is -2.12. The van der Waals surface area contributed by atoms with Crippen molar-refractivity contribution >= 4 is 10.0 Å². The lowest BCUT2D eigenvalue weighted by Crippen LogP contribution is -2.24. The second-order valence-electron chi connectivity index (χ2n) is 3.70. The zero-order valence-corrected chi connectivity index (χ0v) is 8.42. The summed E-state index contributed by atoms with van der Waals surface area (Å²) in [6.45, 7) is 0. The third-order valence-electron chi connectivity index (χ3n) is 2.52. The second kappa shape index (κ2) is 2.79. The average Bonchev–Trinajstić information content (AvgIpc) is 2.84. The minimum Gasteiger partial charge on any atom is -0.321 e. The van der Waals surface area contributed by atoms with Crippen LogP contribution in [-0.2, 0) is 15.6 Å². The second-order valence-corrected chi connectivity index (χ2v) is 5.23. The van der Waals surface area contributed by atoms with Gasteiger partial charge in [-0.05, 0) is 24.5 Å². The number of primary sulfonamides is 1. The summed E-state index contributed by atoms with van der Waals surface area (Å²) < 4.78 is 22.5. The van der Waals surface area contributed by atoms with E-state index in [0.29, 0.717) is 5.56 Å². The molecule has 1 fully saturated rings. The summed E-state index contributed by atoms with van der Waals surface area (Å²) in [7, 11) is -3.66. The molecule has 0 amide bonds. The van der Waals surface area contributed by atoms with Crippen molar-refractivity contribution in [2.24, 2.45) is 10.9 Å². The van der Waals surface area contributed by atoms with Gasteiger partial charge in [0.1, 0.15) is 0 Å². The molecule has 14 heavy (non-hydrogen) atoms. The lowest BCUT2D eigenvalue weighted by molar-refractivity contribution is 0.593. The van der Waals surface area contributed by atoms with E-state index in [1.165, 1.54) is 6.07 Å². The average molecular weight is 212 g/mol. The van der Waals surface area contributed by atoms with Gasteiger partial charge in [-0.2, -0.15) is 0 Å². The third kappa shape index (κ3) is 1.54. The molecule has 1 aromatic carbocycles. The highest BCUT2D eigenvalue weighted by Gasteiger charge is 2.42. The number of nitrogens with two attached hydrogens (primary N) is 2. The maximum atomic E-state index is 11.3. The molecule has 4 N–H and O–H groups in total. The molecule has 1 aliphatic carbocycles. The highest BCUT2D eigenvalue weighted by atomic mass is 32.2. The van der Waals surface area contributed by atoms with E-state index in [1.807, 2.05) is 0 Å². The lowest BCUT2D eigenvalue weighted by atomic mass is 10.1. The van der Waals surface area contributed by atoms with E-state index in [2.05, 4.69) is 0 Å². The molecule has 76 valence electrons. The van der Waals surface area contributed by atoms with E-state index in [4.69, 9.17) is 10.9 Å².